The Labute approximate surface area is 169 Å². The van der Waals surface area contributed by atoms with Crippen molar-refractivity contribution in [2.75, 3.05) is 39.3 Å². The van der Waals surface area contributed by atoms with Crippen LogP contribution in [0.3, 0.4) is 0 Å². The van der Waals surface area contributed by atoms with E-state index >= 15 is 0 Å². The monoisotopic (exact) mass is 399 g/mol. The van der Waals surface area contributed by atoms with E-state index in [4.69, 9.17) is 0 Å². The number of pyridine rings is 1. The highest BCUT2D eigenvalue weighted by Gasteiger charge is 2.31. The minimum Gasteiger partial charge on any atom is -0.341 e. The number of aromatic nitrogens is 2. The number of amides is 2. The molecule has 4 rings (SSSR count). The van der Waals surface area contributed by atoms with Gasteiger partial charge < -0.3 is 9.80 Å². The van der Waals surface area contributed by atoms with Crippen LogP contribution in [0.2, 0.25) is 0 Å². The van der Waals surface area contributed by atoms with E-state index in [-0.39, 0.29) is 17.9 Å². The number of likely N-dealkylation sites (tertiary alicyclic amines) is 1. The molecule has 1 unspecified atom stereocenters. The molecule has 148 valence electrons. The van der Waals surface area contributed by atoms with Gasteiger partial charge in [-0.3, -0.25) is 19.5 Å². The first-order valence-electron chi connectivity index (χ1n) is 9.83. The summed E-state index contributed by atoms with van der Waals surface area (Å²) in [5.41, 5.74) is 0.783. The highest BCUT2D eigenvalue weighted by molar-refractivity contribution is 7.16. The number of hydrogen-bond donors (Lipinski definition) is 0. The highest BCUT2D eigenvalue weighted by atomic mass is 32.1. The summed E-state index contributed by atoms with van der Waals surface area (Å²) in [6.07, 6.45) is 5.58. The summed E-state index contributed by atoms with van der Waals surface area (Å²) in [6.45, 7) is 6.45. The molecule has 2 aromatic heterocycles. The maximum atomic E-state index is 12.8. The zero-order chi connectivity index (χ0) is 19.5. The van der Waals surface area contributed by atoms with Gasteiger partial charge in [-0.25, -0.2) is 4.98 Å². The van der Waals surface area contributed by atoms with Crippen LogP contribution >= 0.6 is 11.3 Å². The Kier molecular flexibility index (Phi) is 5.68. The molecule has 2 fully saturated rings. The van der Waals surface area contributed by atoms with Gasteiger partial charge in [-0.15, -0.1) is 11.3 Å². The molecule has 7 nitrogen and oxygen atoms in total. The van der Waals surface area contributed by atoms with E-state index < -0.39 is 0 Å². The maximum absolute atomic E-state index is 12.8. The molecule has 0 radical (unpaired) electrons. The predicted octanol–water partition coefficient (Wildman–Crippen LogP) is 1.97. The lowest BCUT2D eigenvalue weighted by Gasteiger charge is -2.38. The molecule has 28 heavy (non-hydrogen) atoms. The van der Waals surface area contributed by atoms with Gasteiger partial charge in [0.1, 0.15) is 9.88 Å². The van der Waals surface area contributed by atoms with Crippen molar-refractivity contribution < 1.29 is 9.59 Å². The van der Waals surface area contributed by atoms with Crippen LogP contribution in [0.5, 0.6) is 0 Å². The SMILES string of the molecule is CC(C(=O)N1CCCC1)N1CCN(C(=O)c2cnc(-c3ccccn3)s2)CC1. The quantitative estimate of drug-likeness (QED) is 0.786. The van der Waals surface area contributed by atoms with E-state index in [9.17, 15) is 9.59 Å². The number of carbonyl (C=O) groups excluding carboxylic acids is 2. The Bertz CT molecular complexity index is 826. The van der Waals surface area contributed by atoms with Crippen LogP contribution < -0.4 is 0 Å². The number of hydrogen-bond acceptors (Lipinski definition) is 6. The molecule has 2 amide bonds. The molecule has 1 atom stereocenters. The molecule has 8 heteroatoms. The standard InChI is InChI=1S/C20H25N5O2S/c1-15(19(26)24-8-4-5-9-24)23-10-12-25(13-11-23)20(27)17-14-22-18(28-17)16-6-2-3-7-21-16/h2-3,6-7,14-15H,4-5,8-13H2,1H3. The van der Waals surface area contributed by atoms with Gasteiger partial charge in [0.2, 0.25) is 5.91 Å². The number of piperazine rings is 1. The van der Waals surface area contributed by atoms with Crippen LogP contribution in [0.15, 0.2) is 30.6 Å². The van der Waals surface area contributed by atoms with Crippen LogP contribution in [-0.2, 0) is 4.79 Å². The fourth-order valence-corrected chi connectivity index (χ4v) is 4.67. The molecule has 2 aliphatic rings. The first-order valence-corrected chi connectivity index (χ1v) is 10.6. The van der Waals surface area contributed by atoms with Gasteiger partial charge in [0.25, 0.3) is 5.91 Å². The summed E-state index contributed by atoms with van der Waals surface area (Å²) in [5, 5.41) is 0.757. The number of thiazole rings is 1. The van der Waals surface area contributed by atoms with E-state index in [1.54, 1.807) is 12.4 Å². The largest absolute Gasteiger partial charge is 0.341 e. The zero-order valence-corrected chi connectivity index (χ0v) is 16.9. The molecule has 2 aliphatic heterocycles. The third-order valence-electron chi connectivity index (χ3n) is 5.52. The van der Waals surface area contributed by atoms with Crippen LogP contribution in [0.4, 0.5) is 0 Å². The third kappa shape index (κ3) is 3.93. The van der Waals surface area contributed by atoms with E-state index in [1.807, 2.05) is 34.9 Å². The van der Waals surface area contributed by atoms with Crippen molar-refractivity contribution in [1.82, 2.24) is 24.7 Å². The van der Waals surface area contributed by atoms with Crippen LogP contribution in [-0.4, -0.2) is 81.8 Å². The van der Waals surface area contributed by atoms with Crippen molar-refractivity contribution in [3.8, 4) is 10.7 Å². The van der Waals surface area contributed by atoms with E-state index in [0.717, 1.165) is 49.7 Å². The Hall–Kier alpha value is -2.32. The van der Waals surface area contributed by atoms with Gasteiger partial charge in [0.05, 0.1) is 17.9 Å². The van der Waals surface area contributed by atoms with Gasteiger partial charge in [-0.05, 0) is 31.9 Å². The van der Waals surface area contributed by atoms with Crippen LogP contribution in [0.25, 0.3) is 10.7 Å². The topological polar surface area (TPSA) is 69.6 Å². The van der Waals surface area contributed by atoms with Crippen molar-refractivity contribution in [2.24, 2.45) is 0 Å². The van der Waals surface area contributed by atoms with Gasteiger partial charge in [-0.2, -0.15) is 0 Å². The summed E-state index contributed by atoms with van der Waals surface area (Å²) in [6, 6.07) is 5.55. The molecule has 2 saturated heterocycles. The van der Waals surface area contributed by atoms with Gasteiger partial charge in [-0.1, -0.05) is 6.07 Å². The minimum absolute atomic E-state index is 0.0119. The summed E-state index contributed by atoms with van der Waals surface area (Å²) in [5.74, 6) is 0.234. The maximum Gasteiger partial charge on any atom is 0.265 e. The second-order valence-corrected chi connectivity index (χ2v) is 8.31. The van der Waals surface area contributed by atoms with E-state index in [2.05, 4.69) is 14.9 Å². The molecule has 2 aromatic rings. The number of carbonyl (C=O) groups is 2. The lowest BCUT2D eigenvalue weighted by atomic mass is 10.2. The smallest absolute Gasteiger partial charge is 0.265 e. The molecular weight excluding hydrogens is 374 g/mol. The van der Waals surface area contributed by atoms with E-state index in [0.29, 0.717) is 18.0 Å². The lowest BCUT2D eigenvalue weighted by molar-refractivity contribution is -0.135. The van der Waals surface area contributed by atoms with Crippen LogP contribution in [0.1, 0.15) is 29.4 Å². The average Bonchev–Trinajstić information content (AvgIpc) is 3.45. The Balaban J connectivity index is 1.34. The molecule has 4 heterocycles. The number of rotatable bonds is 4. The normalized spacial score (nSPS) is 19.0. The van der Waals surface area contributed by atoms with E-state index in [1.165, 1.54) is 11.3 Å². The zero-order valence-electron chi connectivity index (χ0n) is 16.1. The van der Waals surface area contributed by atoms with Gasteiger partial charge >= 0.3 is 0 Å². The molecule has 0 aliphatic carbocycles. The summed E-state index contributed by atoms with van der Waals surface area (Å²) >= 11 is 1.38. The first kappa shape index (κ1) is 19.0. The van der Waals surface area contributed by atoms with Crippen molar-refractivity contribution in [1.29, 1.82) is 0 Å². The molecule has 0 spiro atoms. The molecule has 0 bridgehead atoms. The predicted molar refractivity (Wildman–Crippen MR) is 108 cm³/mol. The van der Waals surface area contributed by atoms with Crippen molar-refractivity contribution >= 4 is 23.2 Å². The average molecular weight is 400 g/mol. The molecule has 0 N–H and O–H groups in total. The lowest BCUT2D eigenvalue weighted by Crippen LogP contribution is -2.55. The Morgan fingerprint density at radius 1 is 1.00 bits per heavy atom. The molecule has 0 aromatic carbocycles. The van der Waals surface area contributed by atoms with Gasteiger partial charge in [0.15, 0.2) is 0 Å². The second-order valence-electron chi connectivity index (χ2n) is 7.28. The van der Waals surface area contributed by atoms with Gasteiger partial charge in [0, 0.05) is 45.5 Å². The Morgan fingerprint density at radius 3 is 2.43 bits per heavy atom. The first-order chi connectivity index (χ1) is 13.6. The Morgan fingerprint density at radius 2 is 1.75 bits per heavy atom. The summed E-state index contributed by atoms with van der Waals surface area (Å²) < 4.78 is 0. The molecular formula is C20H25N5O2S. The highest BCUT2D eigenvalue weighted by Crippen LogP contribution is 2.24. The second kappa shape index (κ2) is 8.36. The third-order valence-corrected chi connectivity index (χ3v) is 6.53. The fraction of sp³-hybridized carbons (Fsp3) is 0.500. The summed E-state index contributed by atoms with van der Waals surface area (Å²) in [7, 11) is 0. The van der Waals surface area contributed by atoms with Crippen molar-refractivity contribution in [3.05, 3.63) is 35.5 Å². The fourth-order valence-electron chi connectivity index (χ4n) is 3.81. The minimum atomic E-state index is -0.116. The van der Waals surface area contributed by atoms with Crippen molar-refractivity contribution in [2.45, 2.75) is 25.8 Å². The molecule has 0 saturated carbocycles. The van der Waals surface area contributed by atoms with Crippen LogP contribution in [0, 0.1) is 0 Å². The van der Waals surface area contributed by atoms with Crippen molar-refractivity contribution in [3.63, 3.8) is 0 Å². The number of nitrogens with zero attached hydrogens (tertiary/aromatic N) is 5. The summed E-state index contributed by atoms with van der Waals surface area (Å²) in [4.78, 5) is 40.8.